The van der Waals surface area contributed by atoms with E-state index in [1.165, 1.54) is 17.3 Å². The lowest BCUT2D eigenvalue weighted by molar-refractivity contribution is -0.122. The summed E-state index contributed by atoms with van der Waals surface area (Å²) in [4.78, 5) is 20.2. The molecule has 2 aromatic carbocycles. The Morgan fingerprint density at radius 1 is 1.10 bits per heavy atom. The second kappa shape index (κ2) is 9.65. The Labute approximate surface area is 176 Å². The quantitative estimate of drug-likeness (QED) is 0.572. The van der Waals surface area contributed by atoms with E-state index in [-0.39, 0.29) is 5.91 Å². The van der Waals surface area contributed by atoms with Gasteiger partial charge in [-0.05, 0) is 49.4 Å². The van der Waals surface area contributed by atoms with Crippen molar-refractivity contribution in [1.29, 1.82) is 0 Å². The van der Waals surface area contributed by atoms with Crippen molar-refractivity contribution in [3.8, 4) is 11.5 Å². The van der Waals surface area contributed by atoms with E-state index in [4.69, 9.17) is 14.5 Å². The number of amides is 1. The predicted octanol–water partition coefficient (Wildman–Crippen LogP) is 5.42. The van der Waals surface area contributed by atoms with Gasteiger partial charge in [0.05, 0.1) is 24.8 Å². The fourth-order valence-corrected chi connectivity index (χ4v) is 4.02. The van der Waals surface area contributed by atoms with Gasteiger partial charge in [0.1, 0.15) is 0 Å². The summed E-state index contributed by atoms with van der Waals surface area (Å²) in [6.45, 7) is 4.81. The number of nitrogens with zero attached hydrogens (tertiary/aromatic N) is 2. The lowest BCUT2D eigenvalue weighted by atomic mass is 10.1. The number of rotatable bonds is 7. The molecule has 2 aromatic rings. The average Bonchev–Trinajstić information content (AvgIpc) is 3.02. The molecule has 0 aliphatic carbocycles. The van der Waals surface area contributed by atoms with Crippen molar-refractivity contribution in [2.24, 2.45) is 4.99 Å². The molecule has 0 aromatic heterocycles. The summed E-state index contributed by atoms with van der Waals surface area (Å²) >= 11 is 1.39. The third-order valence-electron chi connectivity index (χ3n) is 4.60. The minimum Gasteiger partial charge on any atom is -0.493 e. The molecule has 0 N–H and O–H groups in total. The fourth-order valence-electron chi connectivity index (χ4n) is 3.00. The van der Waals surface area contributed by atoms with Crippen molar-refractivity contribution < 1.29 is 14.3 Å². The summed E-state index contributed by atoms with van der Waals surface area (Å²) in [5.41, 5.74) is 2.82. The molecule has 1 aliphatic rings. The van der Waals surface area contributed by atoms with E-state index in [1.807, 2.05) is 55.5 Å². The highest BCUT2D eigenvalue weighted by Gasteiger charge is 2.33. The highest BCUT2D eigenvalue weighted by Crippen LogP contribution is 2.38. The molecule has 1 heterocycles. The van der Waals surface area contributed by atoms with Gasteiger partial charge in [-0.15, -0.1) is 0 Å². The Balaban J connectivity index is 1.98. The number of ether oxygens (including phenoxy) is 2. The maximum absolute atomic E-state index is 13.1. The molecule has 29 heavy (non-hydrogen) atoms. The van der Waals surface area contributed by atoms with E-state index in [1.54, 1.807) is 19.1 Å². The third kappa shape index (κ3) is 4.82. The first-order chi connectivity index (χ1) is 14.1. The molecule has 0 atom stereocenters. The average molecular weight is 411 g/mol. The highest BCUT2D eigenvalue weighted by molar-refractivity contribution is 8.18. The van der Waals surface area contributed by atoms with Crippen LogP contribution in [0.5, 0.6) is 11.5 Å². The molecule has 152 valence electrons. The van der Waals surface area contributed by atoms with Crippen LogP contribution in [0.4, 0.5) is 5.69 Å². The number of methoxy groups -OCH3 is 2. The van der Waals surface area contributed by atoms with E-state index >= 15 is 0 Å². The van der Waals surface area contributed by atoms with Crippen molar-refractivity contribution in [1.82, 2.24) is 4.90 Å². The van der Waals surface area contributed by atoms with Crippen LogP contribution in [0.25, 0.3) is 6.08 Å². The number of benzene rings is 2. The summed E-state index contributed by atoms with van der Waals surface area (Å²) in [6.07, 6.45) is 3.79. The van der Waals surface area contributed by atoms with Crippen LogP contribution < -0.4 is 9.47 Å². The van der Waals surface area contributed by atoms with Crippen LogP contribution in [0.3, 0.4) is 0 Å². The first-order valence-electron chi connectivity index (χ1n) is 9.65. The summed E-state index contributed by atoms with van der Waals surface area (Å²) < 4.78 is 10.9. The number of aliphatic imine (C=N–C) groups is 1. The van der Waals surface area contributed by atoms with Gasteiger partial charge in [0.25, 0.3) is 5.91 Å². The first kappa shape index (κ1) is 21.0. The number of carbonyl (C=O) groups is 1. The van der Waals surface area contributed by atoms with E-state index < -0.39 is 0 Å². The van der Waals surface area contributed by atoms with E-state index in [0.717, 1.165) is 24.1 Å². The van der Waals surface area contributed by atoms with Crippen LogP contribution in [0.1, 0.15) is 30.9 Å². The lowest BCUT2D eigenvalue weighted by Gasteiger charge is -2.14. The van der Waals surface area contributed by atoms with Gasteiger partial charge in [0, 0.05) is 12.1 Å². The van der Waals surface area contributed by atoms with Crippen molar-refractivity contribution in [3.63, 3.8) is 0 Å². The molecule has 6 heteroatoms. The van der Waals surface area contributed by atoms with Crippen LogP contribution in [-0.4, -0.2) is 36.7 Å². The Morgan fingerprint density at radius 3 is 2.52 bits per heavy atom. The Hall–Kier alpha value is -2.73. The highest BCUT2D eigenvalue weighted by atomic mass is 32.2. The Bertz CT molecular complexity index is 936. The smallest absolute Gasteiger partial charge is 0.266 e. The minimum absolute atomic E-state index is 0.0285. The summed E-state index contributed by atoms with van der Waals surface area (Å²) in [5, 5.41) is 0.709. The van der Waals surface area contributed by atoms with E-state index in [2.05, 4.69) is 6.92 Å². The van der Waals surface area contributed by atoms with Crippen LogP contribution in [0, 0.1) is 6.92 Å². The van der Waals surface area contributed by atoms with Gasteiger partial charge in [-0.3, -0.25) is 9.69 Å². The molecule has 5 nitrogen and oxygen atoms in total. The zero-order valence-electron chi connectivity index (χ0n) is 17.3. The SMILES string of the molecule is CCCCN1C(=O)/C(=C\c2cccc(OC)c2OC)SC1=Nc1ccc(C)cc1. The zero-order chi connectivity index (χ0) is 20.8. The standard InChI is InChI=1S/C23H26N2O3S/c1-5-6-14-25-22(26)20(15-17-8-7-9-19(27-3)21(17)28-4)29-23(25)24-18-12-10-16(2)11-13-18/h7-13,15H,5-6,14H2,1-4H3/b20-15+,24-23?. The monoisotopic (exact) mass is 410 g/mol. The number of para-hydroxylation sites is 1. The summed E-state index contributed by atoms with van der Waals surface area (Å²) in [6, 6.07) is 13.6. The number of carbonyl (C=O) groups excluding carboxylic acids is 1. The Kier molecular flexibility index (Phi) is 6.99. The molecule has 0 saturated carbocycles. The second-order valence-corrected chi connectivity index (χ2v) is 7.74. The maximum Gasteiger partial charge on any atom is 0.266 e. The normalized spacial score (nSPS) is 16.7. The number of unbranched alkanes of at least 4 members (excludes halogenated alkanes) is 1. The number of hydrogen-bond donors (Lipinski definition) is 0. The number of hydrogen-bond acceptors (Lipinski definition) is 5. The van der Waals surface area contributed by atoms with Gasteiger partial charge in [-0.25, -0.2) is 4.99 Å². The Morgan fingerprint density at radius 2 is 1.86 bits per heavy atom. The number of amidine groups is 1. The molecule has 1 aliphatic heterocycles. The van der Waals surface area contributed by atoms with Crippen LogP contribution in [-0.2, 0) is 4.79 Å². The van der Waals surface area contributed by atoms with Crippen LogP contribution in [0.15, 0.2) is 52.4 Å². The van der Waals surface area contributed by atoms with Gasteiger partial charge >= 0.3 is 0 Å². The van der Waals surface area contributed by atoms with E-state index in [0.29, 0.717) is 28.1 Å². The van der Waals surface area contributed by atoms with Crippen molar-refractivity contribution in [3.05, 3.63) is 58.5 Å². The second-order valence-electron chi connectivity index (χ2n) is 6.73. The molecule has 0 spiro atoms. The predicted molar refractivity (Wildman–Crippen MR) is 120 cm³/mol. The zero-order valence-corrected chi connectivity index (χ0v) is 18.1. The van der Waals surface area contributed by atoms with Crippen LogP contribution >= 0.6 is 11.8 Å². The largest absolute Gasteiger partial charge is 0.493 e. The summed E-state index contributed by atoms with van der Waals surface area (Å²) in [7, 11) is 3.20. The molecular formula is C23H26N2O3S. The molecular weight excluding hydrogens is 384 g/mol. The van der Waals surface area contributed by atoms with Gasteiger partial charge < -0.3 is 9.47 Å². The van der Waals surface area contributed by atoms with Gasteiger partial charge in [0.15, 0.2) is 16.7 Å². The maximum atomic E-state index is 13.1. The van der Waals surface area contributed by atoms with Gasteiger partial charge in [-0.2, -0.15) is 0 Å². The lowest BCUT2D eigenvalue weighted by Crippen LogP contribution is -2.30. The van der Waals surface area contributed by atoms with Crippen molar-refractivity contribution in [2.45, 2.75) is 26.7 Å². The van der Waals surface area contributed by atoms with E-state index in [9.17, 15) is 4.79 Å². The van der Waals surface area contributed by atoms with Gasteiger partial charge in [0.2, 0.25) is 0 Å². The first-order valence-corrected chi connectivity index (χ1v) is 10.5. The van der Waals surface area contributed by atoms with Crippen molar-refractivity contribution in [2.75, 3.05) is 20.8 Å². The molecule has 1 amide bonds. The number of aryl methyl sites for hydroxylation is 1. The third-order valence-corrected chi connectivity index (χ3v) is 5.61. The van der Waals surface area contributed by atoms with Crippen LogP contribution in [0.2, 0.25) is 0 Å². The molecule has 1 fully saturated rings. The molecule has 0 radical (unpaired) electrons. The van der Waals surface area contributed by atoms with Gasteiger partial charge in [-0.1, -0.05) is 43.2 Å². The molecule has 0 bridgehead atoms. The molecule has 1 saturated heterocycles. The van der Waals surface area contributed by atoms with Crippen molar-refractivity contribution >= 4 is 34.6 Å². The molecule has 3 rings (SSSR count). The molecule has 0 unspecified atom stereocenters. The number of thioether (sulfide) groups is 1. The fraction of sp³-hybridized carbons (Fsp3) is 0.304. The summed E-state index contributed by atoms with van der Waals surface area (Å²) in [5.74, 6) is 1.22. The minimum atomic E-state index is -0.0285. The topological polar surface area (TPSA) is 51.1 Å².